The molecule has 0 radical (unpaired) electrons. The van der Waals surface area contributed by atoms with Crippen LogP contribution < -0.4 is 5.32 Å². The summed E-state index contributed by atoms with van der Waals surface area (Å²) in [6.45, 7) is 9.61. The molecule has 1 saturated heterocycles. The maximum atomic E-state index is 13.6. The first-order valence-electron chi connectivity index (χ1n) is 12.1. The normalized spacial score (nSPS) is 16.3. The molecule has 1 aliphatic heterocycles. The molecule has 1 aliphatic rings. The number of halogens is 1. The highest BCUT2D eigenvalue weighted by Crippen LogP contribution is 2.42. The first-order chi connectivity index (χ1) is 17.0. The van der Waals surface area contributed by atoms with Crippen molar-refractivity contribution >= 4 is 12.0 Å². The number of benzene rings is 1. The third-order valence-electron chi connectivity index (χ3n) is 5.64. The van der Waals surface area contributed by atoms with Gasteiger partial charge in [-0.15, -0.1) is 0 Å². The number of oxazole rings is 1. The predicted octanol–water partition coefficient (Wildman–Crippen LogP) is 5.74. The number of aromatic nitrogens is 2. The van der Waals surface area contributed by atoms with Gasteiger partial charge in [-0.05, 0) is 78.1 Å². The van der Waals surface area contributed by atoms with E-state index in [4.69, 9.17) is 13.7 Å². The fraction of sp³-hybridized carbons (Fsp3) is 0.462. The molecular weight excluding hydrogens is 467 g/mol. The maximum Gasteiger partial charge on any atom is 0.410 e. The van der Waals surface area contributed by atoms with Crippen molar-refractivity contribution in [2.45, 2.75) is 71.6 Å². The van der Waals surface area contributed by atoms with Gasteiger partial charge in [-0.1, -0.05) is 5.16 Å². The molecule has 2 amide bonds. The first-order valence-corrected chi connectivity index (χ1v) is 12.1. The lowest BCUT2D eigenvalue weighted by Crippen LogP contribution is -2.41. The summed E-state index contributed by atoms with van der Waals surface area (Å²) in [5.41, 5.74) is 0.795. The largest absolute Gasteiger partial charge is 0.444 e. The maximum absolute atomic E-state index is 13.6. The minimum Gasteiger partial charge on any atom is -0.444 e. The summed E-state index contributed by atoms with van der Waals surface area (Å²) in [5, 5.41) is 7.04. The number of rotatable bonds is 5. The molecule has 9 nitrogen and oxygen atoms in total. The second-order valence-corrected chi connectivity index (χ2v) is 10.1. The lowest BCUT2D eigenvalue weighted by molar-refractivity contribution is 0.00619. The van der Waals surface area contributed by atoms with Crippen molar-refractivity contribution in [3.8, 4) is 22.7 Å². The van der Waals surface area contributed by atoms with E-state index in [1.807, 2.05) is 34.6 Å². The van der Waals surface area contributed by atoms with Gasteiger partial charge < -0.3 is 19.0 Å². The average molecular weight is 499 g/mol. The molecule has 1 atom stereocenters. The summed E-state index contributed by atoms with van der Waals surface area (Å²) in [5.74, 6) is -0.280. The number of ether oxygens (including phenoxy) is 1. The van der Waals surface area contributed by atoms with Crippen molar-refractivity contribution in [3.05, 3.63) is 47.8 Å². The number of piperidine rings is 1. The molecule has 10 heteroatoms. The van der Waals surface area contributed by atoms with Crippen molar-refractivity contribution in [2.24, 2.45) is 0 Å². The summed E-state index contributed by atoms with van der Waals surface area (Å²) in [4.78, 5) is 31.6. The molecule has 3 heterocycles. The fourth-order valence-electron chi connectivity index (χ4n) is 4.11. The van der Waals surface area contributed by atoms with Gasteiger partial charge in [0.05, 0.1) is 6.04 Å². The highest BCUT2D eigenvalue weighted by molar-refractivity contribution is 5.93. The van der Waals surface area contributed by atoms with E-state index in [1.54, 1.807) is 17.0 Å². The van der Waals surface area contributed by atoms with Crippen LogP contribution in [0.2, 0.25) is 0 Å². The van der Waals surface area contributed by atoms with Crippen LogP contribution in [0.15, 0.2) is 39.5 Å². The van der Waals surface area contributed by atoms with Crippen LogP contribution in [-0.2, 0) is 4.74 Å². The van der Waals surface area contributed by atoms with Crippen LogP contribution in [0.4, 0.5) is 9.18 Å². The quantitative estimate of drug-likeness (QED) is 0.478. The summed E-state index contributed by atoms with van der Waals surface area (Å²) in [6.07, 6.45) is 3.12. The van der Waals surface area contributed by atoms with Crippen molar-refractivity contribution in [2.75, 3.05) is 6.54 Å². The minimum atomic E-state index is -0.663. The average Bonchev–Trinajstić information content (AvgIpc) is 3.45. The third-order valence-corrected chi connectivity index (χ3v) is 5.64. The second-order valence-electron chi connectivity index (χ2n) is 10.1. The van der Waals surface area contributed by atoms with E-state index >= 15 is 0 Å². The van der Waals surface area contributed by atoms with Crippen LogP contribution in [0, 0.1) is 5.82 Å². The van der Waals surface area contributed by atoms with E-state index in [1.165, 1.54) is 18.4 Å². The van der Waals surface area contributed by atoms with Crippen molar-refractivity contribution < 1.29 is 27.7 Å². The lowest BCUT2D eigenvalue weighted by Gasteiger charge is -2.35. The number of nitrogens with one attached hydrogen (secondary N) is 1. The molecule has 1 aromatic carbocycles. The zero-order chi connectivity index (χ0) is 26.0. The Morgan fingerprint density at radius 2 is 1.92 bits per heavy atom. The number of carbonyl (C=O) groups excluding carboxylic acids is 2. The van der Waals surface area contributed by atoms with Crippen LogP contribution in [0.5, 0.6) is 0 Å². The van der Waals surface area contributed by atoms with Gasteiger partial charge in [-0.3, -0.25) is 9.69 Å². The zero-order valence-corrected chi connectivity index (χ0v) is 21.1. The summed E-state index contributed by atoms with van der Waals surface area (Å²) in [6, 6.07) is 5.22. The smallest absolute Gasteiger partial charge is 0.410 e. The number of carbonyl (C=O) groups is 2. The molecule has 0 saturated carbocycles. The van der Waals surface area contributed by atoms with E-state index in [9.17, 15) is 14.0 Å². The van der Waals surface area contributed by atoms with Gasteiger partial charge >= 0.3 is 6.09 Å². The van der Waals surface area contributed by atoms with Gasteiger partial charge in [0.15, 0.2) is 11.5 Å². The summed E-state index contributed by atoms with van der Waals surface area (Å²) < 4.78 is 30.8. The standard InChI is InChI=1S/C26H31FN4O5/c1-15(2)28-23(32)18-14-34-24(29-18)20-21(16-9-11-17(27)12-10-16)30-36-22(20)19-8-6-7-13-31(19)25(33)35-26(3,4)5/h9-12,14-15,19H,6-8,13H2,1-5H3,(H,28,32). The van der Waals surface area contributed by atoms with Crippen LogP contribution in [-0.4, -0.2) is 45.2 Å². The molecule has 192 valence electrons. The third kappa shape index (κ3) is 5.58. The number of hydrogen-bond acceptors (Lipinski definition) is 7. The van der Waals surface area contributed by atoms with Crippen LogP contribution in [0.25, 0.3) is 22.7 Å². The molecule has 0 aliphatic carbocycles. The van der Waals surface area contributed by atoms with Crippen molar-refractivity contribution in [3.63, 3.8) is 0 Å². The van der Waals surface area contributed by atoms with Gasteiger partial charge in [-0.25, -0.2) is 14.2 Å². The molecule has 36 heavy (non-hydrogen) atoms. The molecule has 0 bridgehead atoms. The predicted molar refractivity (Wildman–Crippen MR) is 130 cm³/mol. The molecule has 2 aromatic heterocycles. The van der Waals surface area contributed by atoms with Gasteiger partial charge in [0.2, 0.25) is 5.89 Å². The summed E-state index contributed by atoms with van der Waals surface area (Å²) in [7, 11) is 0. The molecule has 3 aromatic rings. The highest BCUT2D eigenvalue weighted by atomic mass is 19.1. The minimum absolute atomic E-state index is 0.0804. The Bertz CT molecular complexity index is 1230. The van der Waals surface area contributed by atoms with Gasteiger partial charge in [0, 0.05) is 18.2 Å². The van der Waals surface area contributed by atoms with E-state index < -0.39 is 23.6 Å². The van der Waals surface area contributed by atoms with Crippen LogP contribution in [0.1, 0.15) is 76.2 Å². The van der Waals surface area contributed by atoms with Gasteiger partial charge in [0.1, 0.15) is 28.9 Å². The molecule has 4 rings (SSSR count). The zero-order valence-electron chi connectivity index (χ0n) is 21.1. The molecular formula is C26H31FN4O5. The van der Waals surface area contributed by atoms with Crippen molar-refractivity contribution in [1.82, 2.24) is 20.4 Å². The lowest BCUT2D eigenvalue weighted by atomic mass is 9.95. The number of hydrogen-bond donors (Lipinski definition) is 1. The SMILES string of the molecule is CC(C)NC(=O)c1coc(-c2c(-c3ccc(F)cc3)noc2C2CCCCN2C(=O)OC(C)(C)C)n1. The number of amides is 2. The van der Waals surface area contributed by atoms with E-state index in [-0.39, 0.29) is 23.5 Å². The molecule has 0 spiro atoms. The van der Waals surface area contributed by atoms with Gasteiger partial charge in [0.25, 0.3) is 5.91 Å². The Morgan fingerprint density at radius 1 is 1.19 bits per heavy atom. The Kier molecular flexibility index (Phi) is 7.14. The van der Waals surface area contributed by atoms with E-state index in [0.717, 1.165) is 12.8 Å². The van der Waals surface area contributed by atoms with Crippen molar-refractivity contribution in [1.29, 1.82) is 0 Å². The van der Waals surface area contributed by atoms with Crippen LogP contribution >= 0.6 is 0 Å². The number of likely N-dealkylation sites (tertiary alicyclic amines) is 1. The van der Waals surface area contributed by atoms with Gasteiger partial charge in [-0.2, -0.15) is 0 Å². The molecule has 1 fully saturated rings. The summed E-state index contributed by atoms with van der Waals surface area (Å²) >= 11 is 0. The Morgan fingerprint density at radius 3 is 2.58 bits per heavy atom. The number of nitrogens with zero attached hydrogens (tertiary/aromatic N) is 3. The Balaban J connectivity index is 1.79. The van der Waals surface area contributed by atoms with Crippen LogP contribution in [0.3, 0.4) is 0 Å². The molecule has 1 unspecified atom stereocenters. The fourth-order valence-corrected chi connectivity index (χ4v) is 4.11. The second kappa shape index (κ2) is 10.1. The Labute approximate surface area is 209 Å². The highest BCUT2D eigenvalue weighted by Gasteiger charge is 2.38. The van der Waals surface area contributed by atoms with E-state index in [0.29, 0.717) is 35.5 Å². The topological polar surface area (TPSA) is 111 Å². The molecule has 1 N–H and O–H groups in total. The first kappa shape index (κ1) is 25.4. The Hall–Kier alpha value is -3.69. The van der Waals surface area contributed by atoms with E-state index in [2.05, 4.69) is 15.5 Å². The monoisotopic (exact) mass is 498 g/mol.